The summed E-state index contributed by atoms with van der Waals surface area (Å²) in [7, 11) is 0. The molecule has 9 nitrogen and oxygen atoms in total. The summed E-state index contributed by atoms with van der Waals surface area (Å²) in [6.45, 7) is 1.52. The predicted octanol–water partition coefficient (Wildman–Crippen LogP) is 3.06. The van der Waals surface area contributed by atoms with Crippen LogP contribution in [0.25, 0.3) is 0 Å². The highest BCUT2D eigenvalue weighted by Crippen LogP contribution is 2.50. The lowest BCUT2D eigenvalue weighted by Crippen LogP contribution is -2.43. The molecule has 4 N–H and O–H groups in total. The van der Waals surface area contributed by atoms with Gasteiger partial charge >= 0.3 is 6.09 Å². The molecule has 0 bridgehead atoms. The highest BCUT2D eigenvalue weighted by Gasteiger charge is 2.53. The van der Waals surface area contributed by atoms with E-state index >= 15 is 0 Å². The van der Waals surface area contributed by atoms with Crippen LogP contribution in [-0.2, 0) is 11.3 Å². The van der Waals surface area contributed by atoms with Crippen LogP contribution in [0.15, 0.2) is 67.0 Å². The number of nitrogens with zero attached hydrogens (tertiary/aromatic N) is 3. The van der Waals surface area contributed by atoms with Gasteiger partial charge in [-0.2, -0.15) is 0 Å². The number of nitrogen functional groups attached to an aromatic ring is 1. The molecule has 1 aliphatic heterocycles. The summed E-state index contributed by atoms with van der Waals surface area (Å²) in [5, 5.41) is 5.66. The van der Waals surface area contributed by atoms with Crippen molar-refractivity contribution in [2.75, 3.05) is 29.0 Å². The number of carbonyl (C=O) groups is 2. The summed E-state index contributed by atoms with van der Waals surface area (Å²) >= 11 is 0. The zero-order valence-corrected chi connectivity index (χ0v) is 18.6. The maximum atomic E-state index is 12.5. The average molecular weight is 459 g/mol. The molecule has 3 unspecified atom stereocenters. The Morgan fingerprint density at radius 3 is 2.56 bits per heavy atom. The van der Waals surface area contributed by atoms with Crippen LogP contribution in [0.5, 0.6) is 0 Å². The van der Waals surface area contributed by atoms with Crippen LogP contribution in [0.1, 0.15) is 22.3 Å². The van der Waals surface area contributed by atoms with Crippen LogP contribution in [0.3, 0.4) is 0 Å². The third kappa shape index (κ3) is 4.78. The maximum Gasteiger partial charge on any atom is 0.407 e. The fourth-order valence-electron chi connectivity index (χ4n) is 4.42. The Labute approximate surface area is 197 Å². The Kier molecular flexibility index (Phi) is 5.99. The second kappa shape index (κ2) is 9.38. The van der Waals surface area contributed by atoms with Gasteiger partial charge in [-0.25, -0.2) is 14.8 Å². The molecule has 34 heavy (non-hydrogen) atoms. The number of para-hydroxylation sites is 2. The molecule has 1 aromatic heterocycles. The number of carbonyl (C=O) groups excluding carboxylic acids is 2. The molecule has 0 radical (unpaired) electrons. The number of benzene rings is 2. The number of amides is 2. The number of hydrogen-bond donors (Lipinski definition) is 3. The molecular weight excluding hydrogens is 432 g/mol. The van der Waals surface area contributed by atoms with Crippen molar-refractivity contribution in [1.82, 2.24) is 15.3 Å². The van der Waals surface area contributed by atoms with Crippen LogP contribution >= 0.6 is 0 Å². The van der Waals surface area contributed by atoms with Gasteiger partial charge in [0.1, 0.15) is 6.61 Å². The first-order chi connectivity index (χ1) is 16.6. The Hall–Kier alpha value is -4.14. The highest BCUT2D eigenvalue weighted by atomic mass is 16.5. The van der Waals surface area contributed by atoms with Crippen LogP contribution < -0.4 is 21.3 Å². The van der Waals surface area contributed by atoms with Crippen LogP contribution in [0.2, 0.25) is 0 Å². The number of nitrogens with one attached hydrogen (secondary N) is 2. The largest absolute Gasteiger partial charge is 0.445 e. The lowest BCUT2D eigenvalue weighted by Gasteiger charge is -2.27. The number of nitrogens with two attached hydrogens (primary N) is 1. The second-order valence-corrected chi connectivity index (χ2v) is 8.64. The molecule has 2 amide bonds. The lowest BCUT2D eigenvalue weighted by atomic mass is 10.2. The van der Waals surface area contributed by atoms with Gasteiger partial charge in [0.2, 0.25) is 5.95 Å². The number of alkyl carbamates (subject to hydrolysis) is 1. The SMILES string of the molecule is Nc1ccccc1NC(=O)c1cnc(N2CC3CC3C2CNC(=O)OCc2ccccc2)nc1. The van der Waals surface area contributed by atoms with Crippen molar-refractivity contribution in [2.24, 2.45) is 11.8 Å². The first-order valence-electron chi connectivity index (χ1n) is 11.3. The monoisotopic (exact) mass is 458 g/mol. The van der Waals surface area contributed by atoms with Gasteiger partial charge in [0.05, 0.1) is 23.0 Å². The van der Waals surface area contributed by atoms with Crippen molar-refractivity contribution in [3.63, 3.8) is 0 Å². The van der Waals surface area contributed by atoms with Gasteiger partial charge in [0.15, 0.2) is 0 Å². The molecule has 3 atom stereocenters. The van der Waals surface area contributed by atoms with Gasteiger partial charge in [-0.05, 0) is 36.0 Å². The fraction of sp³-hybridized carbons (Fsp3) is 0.280. The Balaban J connectivity index is 1.17. The van der Waals surface area contributed by atoms with E-state index in [1.54, 1.807) is 24.3 Å². The highest BCUT2D eigenvalue weighted by molar-refractivity contribution is 6.05. The van der Waals surface area contributed by atoms with E-state index in [0.29, 0.717) is 41.3 Å². The minimum atomic E-state index is -0.443. The number of ether oxygens (including phenoxy) is 1. The van der Waals surface area contributed by atoms with Crippen molar-refractivity contribution < 1.29 is 14.3 Å². The standard InChI is InChI=1S/C25H26N6O3/c26-20-8-4-5-9-21(20)30-23(32)18-11-27-24(28-12-18)31-14-17-10-19(17)22(31)13-29-25(33)34-15-16-6-2-1-3-7-16/h1-9,11-12,17,19,22H,10,13-15,26H2,(H,29,33)(H,30,32). The van der Waals surface area contributed by atoms with Crippen molar-refractivity contribution in [3.05, 3.63) is 78.1 Å². The Morgan fingerprint density at radius 2 is 1.79 bits per heavy atom. The van der Waals surface area contributed by atoms with E-state index in [0.717, 1.165) is 18.5 Å². The molecule has 2 aliphatic rings. The van der Waals surface area contributed by atoms with Crippen molar-refractivity contribution >= 4 is 29.3 Å². The van der Waals surface area contributed by atoms with Gasteiger partial charge in [-0.1, -0.05) is 42.5 Å². The van der Waals surface area contributed by atoms with Gasteiger partial charge < -0.3 is 26.0 Å². The molecule has 2 aromatic carbocycles. The smallest absolute Gasteiger partial charge is 0.407 e. The van der Waals surface area contributed by atoms with Crippen LogP contribution in [0, 0.1) is 11.8 Å². The number of anilines is 3. The molecule has 2 fully saturated rings. The first-order valence-corrected chi connectivity index (χ1v) is 11.3. The molecule has 1 saturated heterocycles. The summed E-state index contributed by atoms with van der Waals surface area (Å²) < 4.78 is 5.32. The number of rotatable bonds is 7. The zero-order chi connectivity index (χ0) is 23.5. The predicted molar refractivity (Wildman–Crippen MR) is 128 cm³/mol. The fourth-order valence-corrected chi connectivity index (χ4v) is 4.42. The first kappa shape index (κ1) is 21.7. The Bertz CT molecular complexity index is 1170. The van der Waals surface area contributed by atoms with Crippen molar-refractivity contribution in [3.8, 4) is 0 Å². The molecule has 9 heteroatoms. The van der Waals surface area contributed by atoms with E-state index in [-0.39, 0.29) is 18.6 Å². The van der Waals surface area contributed by atoms with E-state index in [2.05, 4.69) is 25.5 Å². The van der Waals surface area contributed by atoms with E-state index in [1.165, 1.54) is 12.4 Å². The van der Waals surface area contributed by atoms with Gasteiger partial charge in [0.25, 0.3) is 5.91 Å². The van der Waals surface area contributed by atoms with E-state index < -0.39 is 6.09 Å². The topological polar surface area (TPSA) is 122 Å². The summed E-state index contributed by atoms with van der Waals surface area (Å²) in [5.74, 6) is 1.31. The van der Waals surface area contributed by atoms with Gasteiger partial charge in [-0.3, -0.25) is 4.79 Å². The normalized spacial score (nSPS) is 20.4. The molecular formula is C25H26N6O3. The van der Waals surface area contributed by atoms with E-state index in [9.17, 15) is 9.59 Å². The second-order valence-electron chi connectivity index (χ2n) is 8.64. The number of hydrogen-bond acceptors (Lipinski definition) is 7. The third-order valence-corrected chi connectivity index (χ3v) is 6.34. The number of fused-ring (bicyclic) bond motifs is 1. The molecule has 174 valence electrons. The average Bonchev–Trinajstić information content (AvgIpc) is 3.55. The summed E-state index contributed by atoms with van der Waals surface area (Å²) in [4.78, 5) is 35.7. The molecule has 1 saturated carbocycles. The van der Waals surface area contributed by atoms with E-state index in [4.69, 9.17) is 10.5 Å². The molecule has 2 heterocycles. The molecule has 1 aliphatic carbocycles. The zero-order valence-electron chi connectivity index (χ0n) is 18.6. The number of piperidine rings is 1. The summed E-state index contributed by atoms with van der Waals surface area (Å²) in [6, 6.07) is 16.7. The quantitative estimate of drug-likeness (QED) is 0.465. The third-order valence-electron chi connectivity index (χ3n) is 6.34. The Morgan fingerprint density at radius 1 is 1.06 bits per heavy atom. The molecule has 3 aromatic rings. The minimum Gasteiger partial charge on any atom is -0.445 e. The van der Waals surface area contributed by atoms with Gasteiger partial charge in [0, 0.05) is 25.5 Å². The van der Waals surface area contributed by atoms with Crippen molar-refractivity contribution in [2.45, 2.75) is 19.1 Å². The van der Waals surface area contributed by atoms with Crippen LogP contribution in [-0.4, -0.2) is 41.1 Å². The van der Waals surface area contributed by atoms with E-state index in [1.807, 2.05) is 30.3 Å². The minimum absolute atomic E-state index is 0.0954. The number of aromatic nitrogens is 2. The van der Waals surface area contributed by atoms with Gasteiger partial charge in [-0.15, -0.1) is 0 Å². The maximum absolute atomic E-state index is 12.5. The van der Waals surface area contributed by atoms with Crippen molar-refractivity contribution in [1.29, 1.82) is 0 Å². The molecule has 5 rings (SSSR count). The van der Waals surface area contributed by atoms with Crippen LogP contribution in [0.4, 0.5) is 22.1 Å². The molecule has 0 spiro atoms. The summed E-state index contributed by atoms with van der Waals surface area (Å²) in [6.07, 6.45) is 3.72. The summed E-state index contributed by atoms with van der Waals surface area (Å²) in [5.41, 5.74) is 8.21. The lowest BCUT2D eigenvalue weighted by molar-refractivity contribution is 0.102.